The van der Waals surface area contributed by atoms with Crippen molar-refractivity contribution in [1.29, 1.82) is 0 Å². The average molecular weight is 299 g/mol. The Balaban J connectivity index is 2.10. The van der Waals surface area contributed by atoms with Gasteiger partial charge in [0.2, 0.25) is 0 Å². The predicted molar refractivity (Wildman–Crippen MR) is 87.2 cm³/mol. The largest absolute Gasteiger partial charge is 0.296 e. The van der Waals surface area contributed by atoms with Crippen molar-refractivity contribution < 1.29 is 0 Å². The molecule has 0 bridgehead atoms. The van der Waals surface area contributed by atoms with Gasteiger partial charge >= 0.3 is 0 Å². The summed E-state index contributed by atoms with van der Waals surface area (Å²) in [5.41, 5.74) is 1.37. The highest BCUT2D eigenvalue weighted by molar-refractivity contribution is 7.79. The Hall–Kier alpha value is -0.0600. The molecule has 0 aromatic carbocycles. The molecule has 2 rings (SSSR count). The number of piperidine rings is 1. The number of thiazole rings is 1. The molecule has 0 amide bonds. The van der Waals surface area contributed by atoms with Gasteiger partial charge in [-0.15, -0.1) is 11.3 Å². The maximum absolute atomic E-state index is 4.90. The van der Waals surface area contributed by atoms with Gasteiger partial charge in [-0.25, -0.2) is 4.98 Å². The summed E-state index contributed by atoms with van der Waals surface area (Å²) in [6, 6.07) is 0. The minimum atomic E-state index is 0.127. The van der Waals surface area contributed by atoms with Crippen LogP contribution < -0.4 is 0 Å². The molecule has 1 fully saturated rings. The first kappa shape index (κ1) is 15.3. The second-order valence-electron chi connectivity index (χ2n) is 6.77. The Kier molecular flexibility index (Phi) is 4.96. The summed E-state index contributed by atoms with van der Waals surface area (Å²) in [6.45, 7) is 12.5. The Labute approximate surface area is 127 Å². The summed E-state index contributed by atoms with van der Waals surface area (Å²) in [7, 11) is 0. The molecule has 1 aliphatic rings. The molecule has 108 valence electrons. The summed E-state index contributed by atoms with van der Waals surface area (Å²) >= 11 is 6.31. The predicted octanol–water partition coefficient (Wildman–Crippen LogP) is 4.10. The molecule has 4 heteroatoms. The molecule has 2 heterocycles. The van der Waals surface area contributed by atoms with Crippen molar-refractivity contribution in [2.45, 2.75) is 58.2 Å². The van der Waals surface area contributed by atoms with E-state index in [1.54, 1.807) is 0 Å². The van der Waals surface area contributed by atoms with Gasteiger partial charge in [0.15, 0.2) is 0 Å². The normalized spacial score (nSPS) is 21.8. The summed E-state index contributed by atoms with van der Waals surface area (Å²) in [5.74, 6) is 1.64. The zero-order chi connectivity index (χ0) is 14.0. The molecule has 0 N–H and O–H groups in total. The Morgan fingerprint density at radius 1 is 1.42 bits per heavy atom. The van der Waals surface area contributed by atoms with Gasteiger partial charge in [-0.3, -0.25) is 4.90 Å². The fourth-order valence-electron chi connectivity index (χ4n) is 2.78. The Morgan fingerprint density at radius 3 is 2.68 bits per heavy atom. The van der Waals surface area contributed by atoms with Gasteiger partial charge in [-0.2, -0.15) is 12.6 Å². The Morgan fingerprint density at radius 2 is 2.16 bits per heavy atom. The number of likely N-dealkylation sites (tertiary alicyclic amines) is 1. The van der Waals surface area contributed by atoms with Crippen molar-refractivity contribution in [2.24, 2.45) is 5.92 Å². The lowest BCUT2D eigenvalue weighted by Crippen LogP contribution is -2.33. The van der Waals surface area contributed by atoms with Crippen molar-refractivity contribution in [2.75, 3.05) is 13.1 Å². The van der Waals surface area contributed by atoms with Crippen molar-refractivity contribution in [3.63, 3.8) is 0 Å². The monoisotopic (exact) mass is 298 g/mol. The van der Waals surface area contributed by atoms with E-state index in [4.69, 9.17) is 4.98 Å². The van der Waals surface area contributed by atoms with E-state index < -0.39 is 0 Å². The van der Waals surface area contributed by atoms with Crippen molar-refractivity contribution in [3.8, 4) is 0 Å². The van der Waals surface area contributed by atoms with E-state index in [9.17, 15) is 0 Å². The maximum atomic E-state index is 4.90. The van der Waals surface area contributed by atoms with E-state index >= 15 is 0 Å². The fraction of sp³-hybridized carbons (Fsp3) is 0.800. The molecule has 0 radical (unpaired) electrons. The van der Waals surface area contributed by atoms with E-state index in [0.29, 0.717) is 0 Å². The molecule has 1 saturated heterocycles. The van der Waals surface area contributed by atoms with Crippen molar-refractivity contribution >= 4 is 24.0 Å². The molecule has 0 saturated carbocycles. The van der Waals surface area contributed by atoms with Crippen LogP contribution in [-0.4, -0.2) is 23.0 Å². The minimum absolute atomic E-state index is 0.127. The third-order valence-electron chi connectivity index (χ3n) is 3.70. The number of hydrogen-bond acceptors (Lipinski definition) is 4. The molecule has 1 aromatic heterocycles. The first-order valence-electron chi connectivity index (χ1n) is 7.22. The molecule has 2 nitrogen and oxygen atoms in total. The van der Waals surface area contributed by atoms with Gasteiger partial charge in [0.25, 0.3) is 0 Å². The van der Waals surface area contributed by atoms with E-state index in [1.165, 1.54) is 41.5 Å². The third kappa shape index (κ3) is 3.96. The van der Waals surface area contributed by atoms with Gasteiger partial charge in [-0.05, 0) is 25.3 Å². The first-order chi connectivity index (χ1) is 8.90. The summed E-state index contributed by atoms with van der Waals surface area (Å²) in [5, 5.41) is 1.27. The molecule has 1 unspecified atom stereocenters. The van der Waals surface area contributed by atoms with Crippen LogP contribution in [0.3, 0.4) is 0 Å². The van der Waals surface area contributed by atoms with Crippen LogP contribution in [0.4, 0.5) is 0 Å². The highest BCUT2D eigenvalue weighted by Crippen LogP contribution is 2.31. The van der Waals surface area contributed by atoms with Crippen LogP contribution in [0.15, 0.2) is 0 Å². The molecule has 1 aromatic rings. The van der Waals surface area contributed by atoms with Gasteiger partial charge in [0, 0.05) is 22.6 Å². The van der Waals surface area contributed by atoms with Crippen LogP contribution >= 0.6 is 24.0 Å². The summed E-state index contributed by atoms with van der Waals surface area (Å²) in [6.07, 6.45) is 2.71. The first-order valence-corrected chi connectivity index (χ1v) is 8.67. The zero-order valence-electron chi connectivity index (χ0n) is 12.6. The van der Waals surface area contributed by atoms with Crippen LogP contribution in [0.1, 0.15) is 56.1 Å². The highest BCUT2D eigenvalue weighted by Gasteiger charge is 2.24. The molecule has 19 heavy (non-hydrogen) atoms. The summed E-state index contributed by atoms with van der Waals surface area (Å²) < 4.78 is 0. The van der Waals surface area contributed by atoms with Crippen LogP contribution in [0, 0.1) is 5.92 Å². The van der Waals surface area contributed by atoms with Crippen LogP contribution in [0.5, 0.6) is 0 Å². The van der Waals surface area contributed by atoms with Gasteiger partial charge in [0.1, 0.15) is 5.01 Å². The quantitative estimate of drug-likeness (QED) is 0.846. The third-order valence-corrected chi connectivity index (χ3v) is 5.27. The lowest BCUT2D eigenvalue weighted by Gasteiger charge is -2.30. The van der Waals surface area contributed by atoms with Gasteiger partial charge in [0.05, 0.1) is 12.2 Å². The molecule has 0 aliphatic carbocycles. The smallest absolute Gasteiger partial charge is 0.107 e. The molecule has 1 aliphatic heterocycles. The highest BCUT2D eigenvalue weighted by atomic mass is 32.1. The molecular formula is C15H26N2S2. The van der Waals surface area contributed by atoms with E-state index in [0.717, 1.165) is 18.2 Å². The lowest BCUT2D eigenvalue weighted by atomic mass is 9.91. The van der Waals surface area contributed by atoms with E-state index in [1.807, 2.05) is 11.3 Å². The van der Waals surface area contributed by atoms with Gasteiger partial charge in [-0.1, -0.05) is 27.7 Å². The summed E-state index contributed by atoms with van der Waals surface area (Å²) in [4.78, 5) is 8.80. The van der Waals surface area contributed by atoms with Gasteiger partial charge < -0.3 is 0 Å². The number of hydrogen-bond donors (Lipinski definition) is 1. The topological polar surface area (TPSA) is 16.1 Å². The van der Waals surface area contributed by atoms with Crippen molar-refractivity contribution in [1.82, 2.24) is 9.88 Å². The number of aromatic nitrogens is 1. The maximum Gasteiger partial charge on any atom is 0.107 e. The zero-order valence-corrected chi connectivity index (χ0v) is 14.3. The van der Waals surface area contributed by atoms with E-state index in [2.05, 4.69) is 45.2 Å². The SMILES string of the molecule is CC1CCCN(Cc2nc(C(C)(C)C)c(CS)s2)C1. The second-order valence-corrected chi connectivity index (χ2v) is 8.25. The lowest BCUT2D eigenvalue weighted by molar-refractivity contribution is 0.176. The van der Waals surface area contributed by atoms with Crippen LogP contribution in [0.2, 0.25) is 0 Å². The average Bonchev–Trinajstić information content (AvgIpc) is 2.72. The Bertz CT molecular complexity index is 420. The van der Waals surface area contributed by atoms with Crippen LogP contribution in [0.25, 0.3) is 0 Å². The molecule has 0 spiro atoms. The molecule has 1 atom stereocenters. The second kappa shape index (κ2) is 6.15. The van der Waals surface area contributed by atoms with Crippen molar-refractivity contribution in [3.05, 3.63) is 15.6 Å². The number of rotatable bonds is 3. The standard InChI is InChI=1S/C15H26N2S2/c1-11-6-5-7-17(8-11)9-13-16-14(15(2,3)4)12(10-18)19-13/h11,18H,5-10H2,1-4H3. The molecular weight excluding hydrogens is 272 g/mol. The number of nitrogens with zero attached hydrogens (tertiary/aromatic N) is 2. The minimum Gasteiger partial charge on any atom is -0.296 e. The number of thiol groups is 1. The van der Waals surface area contributed by atoms with Crippen LogP contribution in [-0.2, 0) is 17.7 Å². The van der Waals surface area contributed by atoms with E-state index in [-0.39, 0.29) is 5.41 Å². The fourth-order valence-corrected chi connectivity index (χ4v) is 4.31.